The van der Waals surface area contributed by atoms with Crippen molar-refractivity contribution in [2.24, 2.45) is 0 Å². The Hall–Kier alpha value is -0.470. The second-order valence-electron chi connectivity index (χ2n) is 4.02. The molecular formula is C11H19NO4S2. The molecule has 0 saturated heterocycles. The number of hydrogen-bond acceptors (Lipinski definition) is 5. The highest BCUT2D eigenvalue weighted by atomic mass is 32.2. The molecule has 104 valence electrons. The second kappa shape index (κ2) is 6.63. The summed E-state index contributed by atoms with van der Waals surface area (Å²) >= 11 is 1.20. The summed E-state index contributed by atoms with van der Waals surface area (Å²) in [6.45, 7) is 2.17. The smallest absolute Gasteiger partial charge is 0.252 e. The average Bonchev–Trinajstić information content (AvgIpc) is 2.78. The third-order valence-corrected chi connectivity index (χ3v) is 6.24. The molecule has 0 aliphatic carbocycles. The predicted octanol–water partition coefficient (Wildman–Crippen LogP) is 0.938. The zero-order chi connectivity index (χ0) is 13.8. The number of thiophene rings is 1. The molecular weight excluding hydrogens is 274 g/mol. The predicted molar refractivity (Wildman–Crippen MR) is 71.4 cm³/mol. The molecule has 1 aromatic rings. The van der Waals surface area contributed by atoms with Crippen molar-refractivity contribution in [1.29, 1.82) is 0 Å². The van der Waals surface area contributed by atoms with Crippen LogP contribution in [0.4, 0.5) is 0 Å². The summed E-state index contributed by atoms with van der Waals surface area (Å²) in [7, 11) is -0.378. The highest BCUT2D eigenvalue weighted by Gasteiger charge is 2.26. The molecule has 1 aromatic heterocycles. The van der Waals surface area contributed by atoms with Crippen LogP contribution in [0.15, 0.2) is 16.3 Å². The SMILES string of the molecule is COCC(C)N(C)S(=O)(=O)c1ccc(CCO)s1. The highest BCUT2D eigenvalue weighted by molar-refractivity contribution is 7.91. The molecule has 0 amide bonds. The number of hydrogen-bond donors (Lipinski definition) is 1. The Kier molecular flexibility index (Phi) is 5.74. The molecule has 5 nitrogen and oxygen atoms in total. The quantitative estimate of drug-likeness (QED) is 0.812. The molecule has 1 N–H and O–H groups in total. The van der Waals surface area contributed by atoms with E-state index in [2.05, 4.69) is 0 Å². The van der Waals surface area contributed by atoms with Crippen LogP contribution in [0.5, 0.6) is 0 Å². The summed E-state index contributed by atoms with van der Waals surface area (Å²) in [4.78, 5) is 0.865. The fourth-order valence-corrected chi connectivity index (χ4v) is 4.34. The molecule has 7 heteroatoms. The summed E-state index contributed by atoms with van der Waals surface area (Å²) < 4.78 is 31.1. The fraction of sp³-hybridized carbons (Fsp3) is 0.636. The van der Waals surface area contributed by atoms with E-state index in [1.807, 2.05) is 0 Å². The lowest BCUT2D eigenvalue weighted by atomic mass is 10.4. The van der Waals surface area contributed by atoms with E-state index in [0.717, 1.165) is 4.88 Å². The van der Waals surface area contributed by atoms with Gasteiger partial charge in [0.1, 0.15) is 4.21 Å². The van der Waals surface area contributed by atoms with E-state index in [4.69, 9.17) is 9.84 Å². The van der Waals surface area contributed by atoms with Crippen molar-refractivity contribution in [1.82, 2.24) is 4.31 Å². The maximum Gasteiger partial charge on any atom is 0.252 e. The first-order valence-electron chi connectivity index (χ1n) is 5.60. The molecule has 0 radical (unpaired) electrons. The van der Waals surface area contributed by atoms with Gasteiger partial charge in [-0.2, -0.15) is 4.31 Å². The average molecular weight is 293 g/mol. The van der Waals surface area contributed by atoms with E-state index in [1.54, 1.807) is 33.2 Å². The normalized spacial score (nSPS) is 14.1. The summed E-state index contributed by atoms with van der Waals surface area (Å²) in [6, 6.07) is 3.10. The third kappa shape index (κ3) is 3.52. The van der Waals surface area contributed by atoms with Gasteiger partial charge in [0.25, 0.3) is 10.0 Å². The van der Waals surface area contributed by atoms with E-state index in [1.165, 1.54) is 15.6 Å². The molecule has 0 bridgehead atoms. The number of aliphatic hydroxyl groups is 1. The molecule has 0 fully saturated rings. The zero-order valence-electron chi connectivity index (χ0n) is 10.8. The Morgan fingerprint density at radius 1 is 1.50 bits per heavy atom. The van der Waals surface area contributed by atoms with Crippen molar-refractivity contribution in [2.75, 3.05) is 27.4 Å². The lowest BCUT2D eigenvalue weighted by Gasteiger charge is -2.22. The molecule has 0 spiro atoms. The van der Waals surface area contributed by atoms with Crippen molar-refractivity contribution in [3.63, 3.8) is 0 Å². The summed E-state index contributed by atoms with van der Waals surface area (Å²) in [5.74, 6) is 0. The Bertz CT molecular complexity index is 469. The van der Waals surface area contributed by atoms with E-state index in [9.17, 15) is 8.42 Å². The largest absolute Gasteiger partial charge is 0.396 e. The van der Waals surface area contributed by atoms with Crippen LogP contribution in [0, 0.1) is 0 Å². The van der Waals surface area contributed by atoms with Gasteiger partial charge in [0.15, 0.2) is 0 Å². The number of likely N-dealkylation sites (N-methyl/N-ethyl adjacent to an activating group) is 1. The third-order valence-electron chi connectivity index (χ3n) is 2.66. The van der Waals surface area contributed by atoms with Crippen LogP contribution in [0.3, 0.4) is 0 Å². The van der Waals surface area contributed by atoms with Crippen molar-refractivity contribution < 1.29 is 18.3 Å². The van der Waals surface area contributed by atoms with Gasteiger partial charge in [-0.05, 0) is 19.1 Å². The first kappa shape index (κ1) is 15.6. The first-order chi connectivity index (χ1) is 8.43. The summed E-state index contributed by atoms with van der Waals surface area (Å²) in [5.41, 5.74) is 0. The van der Waals surface area contributed by atoms with Gasteiger partial charge in [-0.25, -0.2) is 8.42 Å². The lowest BCUT2D eigenvalue weighted by Crippen LogP contribution is -2.37. The number of ether oxygens (including phenoxy) is 1. The minimum Gasteiger partial charge on any atom is -0.396 e. The van der Waals surface area contributed by atoms with Crippen LogP contribution in [0.25, 0.3) is 0 Å². The molecule has 0 saturated carbocycles. The van der Waals surface area contributed by atoms with Crippen LogP contribution >= 0.6 is 11.3 Å². The minimum absolute atomic E-state index is 0.0237. The fourth-order valence-electron chi connectivity index (χ4n) is 1.47. The number of sulfonamides is 1. The van der Waals surface area contributed by atoms with Gasteiger partial charge in [0.2, 0.25) is 0 Å². The van der Waals surface area contributed by atoms with Gasteiger partial charge >= 0.3 is 0 Å². The highest BCUT2D eigenvalue weighted by Crippen LogP contribution is 2.25. The molecule has 1 unspecified atom stereocenters. The van der Waals surface area contributed by atoms with Crippen LogP contribution in [-0.4, -0.2) is 51.2 Å². The van der Waals surface area contributed by atoms with Crippen LogP contribution in [0.2, 0.25) is 0 Å². The Labute approximate surface area is 112 Å². The van der Waals surface area contributed by atoms with Crippen molar-refractivity contribution in [3.8, 4) is 0 Å². The summed E-state index contributed by atoms with van der Waals surface area (Å²) in [6.07, 6.45) is 0.484. The Morgan fingerprint density at radius 2 is 2.17 bits per heavy atom. The Balaban J connectivity index is 2.90. The van der Waals surface area contributed by atoms with Crippen LogP contribution in [-0.2, 0) is 21.2 Å². The van der Waals surface area contributed by atoms with Crippen LogP contribution < -0.4 is 0 Å². The van der Waals surface area contributed by atoms with E-state index in [-0.39, 0.29) is 12.6 Å². The minimum atomic E-state index is -3.47. The van der Waals surface area contributed by atoms with Crippen molar-refractivity contribution in [3.05, 3.63) is 17.0 Å². The molecule has 0 aliphatic rings. The number of rotatable bonds is 7. The Morgan fingerprint density at radius 3 is 2.72 bits per heavy atom. The first-order valence-corrected chi connectivity index (χ1v) is 7.85. The second-order valence-corrected chi connectivity index (χ2v) is 7.41. The van der Waals surface area contributed by atoms with Gasteiger partial charge in [0.05, 0.1) is 6.61 Å². The van der Waals surface area contributed by atoms with Gasteiger partial charge in [-0.1, -0.05) is 0 Å². The number of aliphatic hydroxyl groups excluding tert-OH is 1. The topological polar surface area (TPSA) is 66.8 Å². The van der Waals surface area contributed by atoms with Gasteiger partial charge < -0.3 is 9.84 Å². The lowest BCUT2D eigenvalue weighted by molar-refractivity contribution is 0.149. The van der Waals surface area contributed by atoms with Gasteiger partial charge in [-0.3, -0.25) is 0 Å². The molecule has 1 rings (SSSR count). The van der Waals surface area contributed by atoms with Gasteiger partial charge in [0, 0.05) is 38.1 Å². The monoisotopic (exact) mass is 293 g/mol. The molecule has 0 aliphatic heterocycles. The van der Waals surface area contributed by atoms with Crippen molar-refractivity contribution >= 4 is 21.4 Å². The maximum atomic E-state index is 12.3. The van der Waals surface area contributed by atoms with E-state index >= 15 is 0 Å². The number of methoxy groups -OCH3 is 1. The molecule has 0 aromatic carbocycles. The van der Waals surface area contributed by atoms with E-state index < -0.39 is 10.0 Å². The maximum absolute atomic E-state index is 12.3. The zero-order valence-corrected chi connectivity index (χ0v) is 12.4. The molecule has 1 atom stereocenters. The van der Waals surface area contributed by atoms with E-state index in [0.29, 0.717) is 17.2 Å². The van der Waals surface area contributed by atoms with Crippen molar-refractivity contribution in [2.45, 2.75) is 23.6 Å². The standard InChI is InChI=1S/C11H19NO4S2/c1-9(8-16-3)12(2)18(14,15)11-5-4-10(17-11)6-7-13/h4-5,9,13H,6-8H2,1-3H3. The van der Waals surface area contributed by atoms with Gasteiger partial charge in [-0.15, -0.1) is 11.3 Å². The molecule has 1 heterocycles. The molecule has 18 heavy (non-hydrogen) atoms. The summed E-state index contributed by atoms with van der Waals surface area (Å²) in [5, 5.41) is 8.83. The van der Waals surface area contributed by atoms with Crippen LogP contribution in [0.1, 0.15) is 11.8 Å². The number of nitrogens with zero attached hydrogens (tertiary/aromatic N) is 1.